The summed E-state index contributed by atoms with van der Waals surface area (Å²) in [6.45, 7) is 9.76. The zero-order valence-corrected chi connectivity index (χ0v) is 31.8. The molecule has 1 aromatic rings. The van der Waals surface area contributed by atoms with Crippen molar-refractivity contribution < 1.29 is 14.6 Å². The maximum Gasteiger partial charge on any atom is 0.308 e. The van der Waals surface area contributed by atoms with E-state index >= 15 is 0 Å². The third-order valence-corrected chi connectivity index (χ3v) is 9.90. The first kappa shape index (κ1) is 43.6. The lowest BCUT2D eigenvalue weighted by molar-refractivity contribution is -0.149. The van der Waals surface area contributed by atoms with Crippen molar-refractivity contribution in [2.45, 2.75) is 207 Å². The topological polar surface area (TPSA) is 67.6 Å². The van der Waals surface area contributed by atoms with Crippen LogP contribution in [0.5, 0.6) is 0 Å². The molecular weight excluding hydrogens is 582 g/mol. The van der Waals surface area contributed by atoms with Crippen LogP contribution in [0.15, 0.2) is 12.4 Å². The van der Waals surface area contributed by atoms with Crippen LogP contribution in [0.25, 0.3) is 0 Å². The van der Waals surface area contributed by atoms with Crippen molar-refractivity contribution >= 4 is 5.97 Å². The number of esters is 1. The maximum absolute atomic E-state index is 13.0. The minimum Gasteiger partial charge on any atom is -0.465 e. The summed E-state index contributed by atoms with van der Waals surface area (Å²) in [5, 5.41) is 10.9. The Morgan fingerprint density at radius 2 is 1.17 bits per heavy atom. The van der Waals surface area contributed by atoms with Gasteiger partial charge in [0, 0.05) is 26.0 Å². The lowest BCUT2D eigenvalue weighted by atomic mass is 9.94. The molecule has 276 valence electrons. The number of aryl methyl sites for hydroxylation is 1. The average molecular weight is 662 g/mol. The summed E-state index contributed by atoms with van der Waals surface area (Å²) < 4.78 is 7.90. The number of imidazole rings is 1. The quantitative estimate of drug-likeness (QED) is 0.0579. The molecule has 0 fully saturated rings. The van der Waals surface area contributed by atoms with E-state index in [4.69, 9.17) is 4.74 Å². The number of aromatic nitrogens is 2. The van der Waals surface area contributed by atoms with Crippen LogP contribution in [0.1, 0.15) is 200 Å². The van der Waals surface area contributed by atoms with Gasteiger partial charge in [-0.15, -0.1) is 0 Å². The molecule has 0 spiro atoms. The summed E-state index contributed by atoms with van der Waals surface area (Å²) in [4.78, 5) is 19.9. The van der Waals surface area contributed by atoms with Crippen molar-refractivity contribution in [2.24, 2.45) is 13.0 Å². The van der Waals surface area contributed by atoms with Gasteiger partial charge in [0.1, 0.15) is 5.82 Å². The third kappa shape index (κ3) is 25.3. The monoisotopic (exact) mass is 662 g/mol. The molecule has 47 heavy (non-hydrogen) atoms. The second-order valence-corrected chi connectivity index (χ2v) is 14.5. The number of aliphatic hydroxyl groups excluding tert-OH is 1. The molecule has 0 aliphatic heterocycles. The third-order valence-electron chi connectivity index (χ3n) is 9.90. The number of carbonyl (C=O) groups excluding carboxylic acids is 1. The van der Waals surface area contributed by atoms with Gasteiger partial charge >= 0.3 is 5.97 Å². The maximum atomic E-state index is 13.0. The number of ether oxygens (including phenoxy) is 1. The SMILES string of the molecule is CCCCCCCCCCCCC(O)CN(CCCCCCOC(=O)C(CCCCCC)CCCCCCCC)Cc1nccn1C. The predicted molar refractivity (Wildman–Crippen MR) is 201 cm³/mol. The molecule has 0 amide bonds. The average Bonchev–Trinajstić information content (AvgIpc) is 3.47. The lowest BCUT2D eigenvalue weighted by Crippen LogP contribution is -2.33. The zero-order valence-electron chi connectivity index (χ0n) is 31.8. The Labute approximate surface area is 292 Å². The number of nitrogens with zero attached hydrogens (tertiary/aromatic N) is 3. The zero-order chi connectivity index (χ0) is 34.2. The molecule has 6 heteroatoms. The first-order valence-corrected chi connectivity index (χ1v) is 20.5. The van der Waals surface area contributed by atoms with Gasteiger partial charge in [0.25, 0.3) is 0 Å². The highest BCUT2D eigenvalue weighted by atomic mass is 16.5. The van der Waals surface area contributed by atoms with Crippen LogP contribution in [0.4, 0.5) is 0 Å². The molecule has 0 radical (unpaired) electrons. The van der Waals surface area contributed by atoms with Gasteiger partial charge in [0.05, 0.1) is 25.2 Å². The van der Waals surface area contributed by atoms with Crippen LogP contribution in [0, 0.1) is 5.92 Å². The minimum atomic E-state index is -0.282. The molecule has 1 heterocycles. The van der Waals surface area contributed by atoms with Crippen LogP contribution in [0.3, 0.4) is 0 Å². The Hall–Kier alpha value is -1.40. The summed E-state index contributed by atoms with van der Waals surface area (Å²) >= 11 is 0. The molecule has 6 nitrogen and oxygen atoms in total. The molecule has 2 unspecified atom stereocenters. The Morgan fingerprint density at radius 3 is 1.70 bits per heavy atom. The van der Waals surface area contributed by atoms with Crippen molar-refractivity contribution in [1.29, 1.82) is 0 Å². The van der Waals surface area contributed by atoms with Gasteiger partial charge in [0.15, 0.2) is 0 Å². The first-order chi connectivity index (χ1) is 23.0. The van der Waals surface area contributed by atoms with Crippen molar-refractivity contribution in [3.63, 3.8) is 0 Å². The number of hydrogen-bond acceptors (Lipinski definition) is 5. The normalized spacial score (nSPS) is 13.0. The smallest absolute Gasteiger partial charge is 0.308 e. The fourth-order valence-electron chi connectivity index (χ4n) is 6.69. The molecule has 0 bridgehead atoms. The summed E-state index contributed by atoms with van der Waals surface area (Å²) in [5.41, 5.74) is 0. The standard InChI is InChI=1S/C41H79N3O3/c1-5-8-11-14-16-17-18-19-21-26-31-39(45)36-44(37-40-42-32-34-43(40)4)33-27-22-23-28-35-47-41(46)38(29-24-13-10-7-3)30-25-20-15-12-9-6-2/h32,34,38-39,45H,5-31,33,35-37H2,1-4H3. The van der Waals surface area contributed by atoms with Crippen molar-refractivity contribution in [1.82, 2.24) is 14.5 Å². The Kier molecular flexibility index (Phi) is 29.6. The van der Waals surface area contributed by atoms with Gasteiger partial charge in [0.2, 0.25) is 0 Å². The van der Waals surface area contributed by atoms with Gasteiger partial charge in [-0.1, -0.05) is 162 Å². The number of carbonyl (C=O) groups is 1. The van der Waals surface area contributed by atoms with E-state index in [0.717, 1.165) is 83.1 Å². The van der Waals surface area contributed by atoms with Gasteiger partial charge in [-0.05, 0) is 38.6 Å². The van der Waals surface area contributed by atoms with E-state index in [2.05, 4.69) is 35.2 Å². The summed E-state index contributed by atoms with van der Waals surface area (Å²) in [7, 11) is 2.05. The van der Waals surface area contributed by atoms with Crippen LogP contribution in [0.2, 0.25) is 0 Å². The highest BCUT2D eigenvalue weighted by molar-refractivity contribution is 5.72. The van der Waals surface area contributed by atoms with Gasteiger partial charge in [-0.3, -0.25) is 9.69 Å². The van der Waals surface area contributed by atoms with Gasteiger partial charge in [-0.2, -0.15) is 0 Å². The van der Waals surface area contributed by atoms with Crippen LogP contribution < -0.4 is 0 Å². The predicted octanol–water partition coefficient (Wildman–Crippen LogP) is 11.3. The van der Waals surface area contributed by atoms with Crippen molar-refractivity contribution in [2.75, 3.05) is 19.7 Å². The highest BCUT2D eigenvalue weighted by Crippen LogP contribution is 2.21. The summed E-state index contributed by atoms with van der Waals surface area (Å²) in [6, 6.07) is 0. The number of hydrogen-bond donors (Lipinski definition) is 1. The second-order valence-electron chi connectivity index (χ2n) is 14.5. The van der Waals surface area contributed by atoms with Crippen LogP contribution in [-0.2, 0) is 23.1 Å². The minimum absolute atomic E-state index is 0.0488. The van der Waals surface area contributed by atoms with E-state index in [1.807, 2.05) is 19.4 Å². The second kappa shape index (κ2) is 31.8. The Bertz CT molecular complexity index is 814. The van der Waals surface area contributed by atoms with E-state index in [9.17, 15) is 9.90 Å². The Balaban J connectivity index is 2.32. The van der Waals surface area contributed by atoms with Crippen LogP contribution in [-0.4, -0.2) is 51.3 Å². The van der Waals surface area contributed by atoms with E-state index in [1.165, 1.54) is 109 Å². The van der Waals surface area contributed by atoms with E-state index < -0.39 is 0 Å². The molecule has 0 aliphatic rings. The van der Waals surface area contributed by atoms with E-state index in [-0.39, 0.29) is 18.0 Å². The fourth-order valence-corrected chi connectivity index (χ4v) is 6.69. The van der Waals surface area contributed by atoms with Gasteiger partial charge < -0.3 is 14.4 Å². The molecule has 0 saturated carbocycles. The molecular formula is C41H79N3O3. The number of aliphatic hydroxyl groups is 1. The molecule has 1 rings (SSSR count). The molecule has 0 aliphatic carbocycles. The first-order valence-electron chi connectivity index (χ1n) is 20.5. The molecule has 0 aromatic carbocycles. The fraction of sp³-hybridized carbons (Fsp3) is 0.902. The van der Waals surface area contributed by atoms with Crippen molar-refractivity contribution in [3.05, 3.63) is 18.2 Å². The largest absolute Gasteiger partial charge is 0.465 e. The highest BCUT2D eigenvalue weighted by Gasteiger charge is 2.19. The molecule has 1 aromatic heterocycles. The van der Waals surface area contributed by atoms with Crippen molar-refractivity contribution in [3.8, 4) is 0 Å². The van der Waals surface area contributed by atoms with E-state index in [1.54, 1.807) is 0 Å². The van der Waals surface area contributed by atoms with E-state index in [0.29, 0.717) is 13.2 Å². The molecule has 2 atom stereocenters. The summed E-state index contributed by atoms with van der Waals surface area (Å²) in [5.74, 6) is 1.19. The summed E-state index contributed by atoms with van der Waals surface area (Å²) in [6.07, 6.45) is 36.3. The Morgan fingerprint density at radius 1 is 0.702 bits per heavy atom. The number of unbranched alkanes of at least 4 members (excludes halogenated alkanes) is 20. The van der Waals surface area contributed by atoms with Crippen LogP contribution >= 0.6 is 0 Å². The molecule has 0 saturated heterocycles. The lowest BCUT2D eigenvalue weighted by Gasteiger charge is -2.25. The number of rotatable bonds is 35. The molecule has 1 N–H and O–H groups in total. The van der Waals surface area contributed by atoms with Gasteiger partial charge in [-0.25, -0.2) is 4.98 Å².